The number of nitrogens with one attached hydrogen (secondary N) is 1. The third kappa shape index (κ3) is 3.10. The quantitative estimate of drug-likeness (QED) is 0.675. The summed E-state index contributed by atoms with van der Waals surface area (Å²) in [6, 6.07) is 10.5. The smallest absolute Gasteiger partial charge is 0.258 e. The van der Waals surface area contributed by atoms with Gasteiger partial charge < -0.3 is 20.1 Å². The van der Waals surface area contributed by atoms with Crippen LogP contribution >= 0.6 is 11.6 Å². The van der Waals surface area contributed by atoms with Crippen LogP contribution in [0.2, 0.25) is 5.02 Å². The Hall–Kier alpha value is -2.99. The van der Waals surface area contributed by atoms with Crippen LogP contribution in [0.25, 0.3) is 10.9 Å². The van der Waals surface area contributed by atoms with Crippen LogP contribution in [0.1, 0.15) is 28.5 Å². The molecule has 0 saturated heterocycles. The van der Waals surface area contributed by atoms with E-state index in [1.807, 2.05) is 25.1 Å². The van der Waals surface area contributed by atoms with E-state index in [2.05, 4.69) is 10.3 Å². The summed E-state index contributed by atoms with van der Waals surface area (Å²) in [6.07, 6.45) is 0. The fourth-order valence-electron chi connectivity index (χ4n) is 3.51. The molecule has 144 valence electrons. The fraction of sp³-hybridized carbons (Fsp3) is 0.238. The SMILES string of the molecule is CCN1Cc2nc3ccc(O)cc3c(NCc3ccc(OC)c(Cl)c3)c2C1=O. The molecule has 0 bridgehead atoms. The lowest BCUT2D eigenvalue weighted by Gasteiger charge is -2.15. The third-order valence-electron chi connectivity index (χ3n) is 4.95. The predicted molar refractivity (Wildman–Crippen MR) is 109 cm³/mol. The molecule has 0 atom stereocenters. The number of amides is 1. The summed E-state index contributed by atoms with van der Waals surface area (Å²) in [5.41, 5.74) is 3.68. The first-order valence-electron chi connectivity index (χ1n) is 9.03. The Morgan fingerprint density at radius 2 is 2.11 bits per heavy atom. The van der Waals surface area contributed by atoms with Gasteiger partial charge in [-0.25, -0.2) is 4.98 Å². The van der Waals surface area contributed by atoms with Crippen molar-refractivity contribution in [3.63, 3.8) is 0 Å². The molecule has 2 aromatic carbocycles. The number of carbonyl (C=O) groups excluding carboxylic acids is 1. The second-order valence-electron chi connectivity index (χ2n) is 6.65. The number of pyridine rings is 1. The molecule has 2 N–H and O–H groups in total. The molecule has 4 rings (SSSR count). The van der Waals surface area contributed by atoms with E-state index in [0.717, 1.165) is 16.8 Å². The summed E-state index contributed by atoms with van der Waals surface area (Å²) in [7, 11) is 1.57. The van der Waals surface area contributed by atoms with Crippen molar-refractivity contribution in [2.45, 2.75) is 20.0 Å². The van der Waals surface area contributed by atoms with Gasteiger partial charge in [-0.1, -0.05) is 17.7 Å². The lowest BCUT2D eigenvalue weighted by Crippen LogP contribution is -2.23. The van der Waals surface area contributed by atoms with E-state index in [-0.39, 0.29) is 11.7 Å². The Labute approximate surface area is 167 Å². The highest BCUT2D eigenvalue weighted by atomic mass is 35.5. The number of carbonyl (C=O) groups is 1. The van der Waals surface area contributed by atoms with Crippen LogP contribution < -0.4 is 10.1 Å². The molecule has 6 nitrogen and oxygen atoms in total. The summed E-state index contributed by atoms with van der Waals surface area (Å²) < 4.78 is 5.19. The first kappa shape index (κ1) is 18.4. The number of phenols is 1. The van der Waals surface area contributed by atoms with Crippen molar-refractivity contribution >= 4 is 34.1 Å². The van der Waals surface area contributed by atoms with Crippen LogP contribution in [-0.4, -0.2) is 34.6 Å². The molecular formula is C21H20ClN3O3. The monoisotopic (exact) mass is 397 g/mol. The number of benzene rings is 2. The number of methoxy groups -OCH3 is 1. The Morgan fingerprint density at radius 1 is 1.29 bits per heavy atom. The van der Waals surface area contributed by atoms with Gasteiger partial charge in [-0.2, -0.15) is 0 Å². The van der Waals surface area contributed by atoms with Crippen LogP contribution in [0.15, 0.2) is 36.4 Å². The molecule has 2 heterocycles. The number of fused-ring (bicyclic) bond motifs is 2. The lowest BCUT2D eigenvalue weighted by molar-refractivity contribution is 0.0787. The van der Waals surface area contributed by atoms with E-state index >= 15 is 0 Å². The van der Waals surface area contributed by atoms with Crippen molar-refractivity contribution in [2.75, 3.05) is 19.0 Å². The Morgan fingerprint density at radius 3 is 2.82 bits per heavy atom. The van der Waals surface area contributed by atoms with Crippen LogP contribution in [-0.2, 0) is 13.1 Å². The zero-order valence-corrected chi connectivity index (χ0v) is 16.4. The minimum absolute atomic E-state index is 0.0505. The standard InChI is InChI=1S/C21H20ClN3O3/c1-3-25-11-17-19(21(25)27)20(14-9-13(26)5-6-16(14)24-17)23-10-12-4-7-18(28-2)15(22)8-12/h4-9,26H,3,10-11H2,1-2H3,(H,23,24). The number of hydrogen-bond acceptors (Lipinski definition) is 5. The molecule has 1 aliphatic heterocycles. The van der Waals surface area contributed by atoms with Gasteiger partial charge in [0.15, 0.2) is 0 Å². The maximum Gasteiger partial charge on any atom is 0.258 e. The molecule has 0 fully saturated rings. The van der Waals surface area contributed by atoms with E-state index in [4.69, 9.17) is 16.3 Å². The Bertz CT molecular complexity index is 1080. The Kier molecular flexibility index (Phi) is 4.73. The minimum Gasteiger partial charge on any atom is -0.508 e. The summed E-state index contributed by atoms with van der Waals surface area (Å²) in [6.45, 7) is 3.51. The molecule has 1 amide bonds. The van der Waals surface area contributed by atoms with E-state index < -0.39 is 0 Å². The predicted octanol–water partition coefficient (Wildman–Crippen LogP) is 4.19. The fourth-order valence-corrected chi connectivity index (χ4v) is 3.79. The van der Waals surface area contributed by atoms with Gasteiger partial charge in [0.25, 0.3) is 5.91 Å². The number of aromatic hydroxyl groups is 1. The maximum atomic E-state index is 12.9. The second-order valence-corrected chi connectivity index (χ2v) is 7.06. The first-order chi connectivity index (χ1) is 13.5. The number of rotatable bonds is 5. The van der Waals surface area contributed by atoms with Crippen molar-refractivity contribution < 1.29 is 14.6 Å². The van der Waals surface area contributed by atoms with Crippen LogP contribution in [0.5, 0.6) is 11.5 Å². The van der Waals surface area contributed by atoms with Crippen molar-refractivity contribution in [2.24, 2.45) is 0 Å². The summed E-state index contributed by atoms with van der Waals surface area (Å²) >= 11 is 6.23. The largest absolute Gasteiger partial charge is 0.508 e. The van der Waals surface area contributed by atoms with Gasteiger partial charge in [-0.15, -0.1) is 0 Å². The number of hydrogen-bond donors (Lipinski definition) is 2. The average molecular weight is 398 g/mol. The zero-order valence-electron chi connectivity index (χ0n) is 15.6. The number of phenolic OH excluding ortho intramolecular Hbond substituents is 1. The first-order valence-corrected chi connectivity index (χ1v) is 9.40. The highest BCUT2D eigenvalue weighted by molar-refractivity contribution is 6.32. The van der Waals surface area contributed by atoms with Gasteiger partial charge in [0, 0.05) is 18.5 Å². The van der Waals surface area contributed by atoms with E-state index in [1.54, 1.807) is 30.2 Å². The number of ether oxygens (including phenoxy) is 1. The molecule has 1 aromatic heterocycles. The molecule has 0 spiro atoms. The van der Waals surface area contributed by atoms with Crippen molar-refractivity contribution in [1.29, 1.82) is 0 Å². The number of nitrogens with zero attached hydrogens (tertiary/aromatic N) is 2. The topological polar surface area (TPSA) is 74.7 Å². The molecule has 7 heteroatoms. The van der Waals surface area contributed by atoms with Gasteiger partial charge in [-0.3, -0.25) is 4.79 Å². The molecule has 28 heavy (non-hydrogen) atoms. The van der Waals surface area contributed by atoms with Gasteiger partial charge in [0.05, 0.1) is 41.1 Å². The third-order valence-corrected chi connectivity index (χ3v) is 5.25. The molecule has 0 unspecified atom stereocenters. The lowest BCUT2D eigenvalue weighted by atomic mass is 10.1. The molecule has 1 aliphatic rings. The molecule has 0 saturated carbocycles. The van der Waals surface area contributed by atoms with Crippen molar-refractivity contribution in [3.05, 3.63) is 58.2 Å². The van der Waals surface area contributed by atoms with Gasteiger partial charge in [0.2, 0.25) is 0 Å². The van der Waals surface area contributed by atoms with Crippen molar-refractivity contribution in [3.8, 4) is 11.5 Å². The zero-order chi connectivity index (χ0) is 19.8. The second kappa shape index (κ2) is 7.20. The maximum absolute atomic E-state index is 12.9. The van der Waals surface area contributed by atoms with Gasteiger partial charge >= 0.3 is 0 Å². The van der Waals surface area contributed by atoms with E-state index in [0.29, 0.717) is 47.0 Å². The number of halogens is 1. The normalized spacial score (nSPS) is 13.1. The highest BCUT2D eigenvalue weighted by Gasteiger charge is 2.31. The number of aromatic nitrogens is 1. The summed E-state index contributed by atoms with van der Waals surface area (Å²) in [4.78, 5) is 19.3. The van der Waals surface area contributed by atoms with Crippen LogP contribution in [0, 0.1) is 0 Å². The minimum atomic E-state index is -0.0505. The van der Waals surface area contributed by atoms with Crippen molar-refractivity contribution in [1.82, 2.24) is 9.88 Å². The van der Waals surface area contributed by atoms with Gasteiger partial charge in [-0.05, 0) is 42.8 Å². The summed E-state index contributed by atoms with van der Waals surface area (Å²) in [5, 5.41) is 14.6. The van der Waals surface area contributed by atoms with Gasteiger partial charge in [0.1, 0.15) is 11.5 Å². The molecule has 0 aliphatic carbocycles. The van der Waals surface area contributed by atoms with E-state index in [9.17, 15) is 9.90 Å². The molecular weight excluding hydrogens is 378 g/mol. The molecule has 0 radical (unpaired) electrons. The van der Waals surface area contributed by atoms with Crippen LogP contribution in [0.3, 0.4) is 0 Å². The Balaban J connectivity index is 1.77. The molecule has 3 aromatic rings. The average Bonchev–Trinajstić information content (AvgIpc) is 3.01. The number of anilines is 1. The highest BCUT2D eigenvalue weighted by Crippen LogP contribution is 2.36. The van der Waals surface area contributed by atoms with Crippen LogP contribution in [0.4, 0.5) is 5.69 Å². The summed E-state index contributed by atoms with van der Waals surface area (Å²) in [5.74, 6) is 0.687. The van der Waals surface area contributed by atoms with E-state index in [1.165, 1.54) is 0 Å².